The van der Waals surface area contributed by atoms with Crippen LogP contribution in [0.5, 0.6) is 0 Å². The molecule has 0 aromatic carbocycles. The summed E-state index contributed by atoms with van der Waals surface area (Å²) in [5.41, 5.74) is 19.6. The molecule has 13 N–H and O–H groups in total. The number of aryl methyl sites for hydroxylation is 5. The number of aliphatic hydroxyl groups is 4. The molecule has 18 rings (SSSR count). The standard InChI is InChI=1S/2C16H18N4OS.C15H16N4OS.2C14H16N4OS/c2*1-9-6-13(19-10-2-3-11(21)7-10)16-14(18-9)8-15(22-16)12-4-5-17-20-12;1-9-6-12(18-10-3-5-20-8-10)15-13(17-9)7-14(21-15)11-2-4-16-19-11;1-10-8-11(15-4-3-7-19)14-12(17-10)9-13(20-14)18-6-2-5-16-18;1-9-7-11(15-4-2-6-19)14-12(17-9)8-13(20-14)10-3-5-16-18-10/h2*4-6,8,10-11,21H,2-3,7H2,1H3,(H,17,20)(H,18,19);2,4,6-7,10H,3,5,8H2,1H3,(H,16,19)(H,17,18);2,5-6,8-9,19H,3-4,7H2,1H3,(H,15,17);3,5,7-8,19H,2,4,6H2,1H3,(H,15,17)(H,16,18)/t10-,11+;10-,11-;;;/m11.../s1. The molecule has 0 spiro atoms. The van der Waals surface area contributed by atoms with Gasteiger partial charge in [-0.25, -0.2) is 4.68 Å². The maximum absolute atomic E-state index is 9.71. The zero-order valence-electron chi connectivity index (χ0n) is 58.8. The van der Waals surface area contributed by atoms with E-state index in [0.29, 0.717) is 18.1 Å². The van der Waals surface area contributed by atoms with Crippen LogP contribution in [0.4, 0.5) is 28.4 Å². The quantitative estimate of drug-likeness (QED) is 0.0334. The largest absolute Gasteiger partial charge is 0.396 e. The van der Waals surface area contributed by atoms with Crippen LogP contribution in [-0.4, -0.2) is 166 Å². The van der Waals surface area contributed by atoms with Crippen molar-refractivity contribution in [3.63, 3.8) is 0 Å². The van der Waals surface area contributed by atoms with Crippen LogP contribution in [0.1, 0.15) is 86.3 Å². The Morgan fingerprint density at radius 1 is 0.438 bits per heavy atom. The number of aromatic nitrogens is 15. The molecule has 3 fully saturated rings. The lowest BCUT2D eigenvalue weighted by atomic mass is 10.2. The first-order valence-corrected chi connectivity index (χ1v) is 39.3. The third kappa shape index (κ3) is 17.9. The van der Waals surface area contributed by atoms with Gasteiger partial charge < -0.3 is 51.7 Å². The van der Waals surface area contributed by atoms with E-state index in [-0.39, 0.29) is 25.4 Å². The number of nitrogens with one attached hydrogen (secondary N) is 9. The second kappa shape index (κ2) is 33.7. The van der Waals surface area contributed by atoms with E-state index in [0.717, 1.165) is 235 Å². The second-order valence-corrected chi connectivity index (χ2v) is 31.6. The molecule has 0 bridgehead atoms. The average molecular weight is 1510 g/mol. The van der Waals surface area contributed by atoms with E-state index in [1.54, 1.807) is 87.7 Å². The molecule has 0 radical (unpaired) electrons. The molecule has 5 atom stereocenters. The molecule has 1 unspecified atom stereocenters. The van der Waals surface area contributed by atoms with Gasteiger partial charge in [0.05, 0.1) is 147 Å². The summed E-state index contributed by atoms with van der Waals surface area (Å²) in [6.45, 7) is 13.6. The predicted molar refractivity (Wildman–Crippen MR) is 427 cm³/mol. The van der Waals surface area contributed by atoms with Gasteiger partial charge in [0.25, 0.3) is 0 Å². The van der Waals surface area contributed by atoms with Gasteiger partial charge in [-0.15, -0.1) is 56.7 Å². The lowest BCUT2D eigenvalue weighted by molar-refractivity contribution is 0.181. The van der Waals surface area contributed by atoms with E-state index in [1.807, 2.05) is 88.0 Å². The fourth-order valence-electron chi connectivity index (χ4n) is 13.0. The number of H-pyrrole nitrogens is 4. The van der Waals surface area contributed by atoms with Gasteiger partial charge in [0.1, 0.15) is 5.00 Å². The Morgan fingerprint density at radius 3 is 1.12 bits per heavy atom. The highest BCUT2D eigenvalue weighted by Gasteiger charge is 2.26. The van der Waals surface area contributed by atoms with Crippen LogP contribution >= 0.6 is 56.7 Å². The highest BCUT2D eigenvalue weighted by atomic mass is 32.1. The molecule has 30 heteroatoms. The molecule has 544 valence electrons. The monoisotopic (exact) mass is 1500 g/mol. The summed E-state index contributed by atoms with van der Waals surface area (Å²) in [4.78, 5) is 27.7. The van der Waals surface area contributed by atoms with Crippen LogP contribution in [0.25, 0.3) is 98.4 Å². The van der Waals surface area contributed by atoms with Gasteiger partial charge in [-0.2, -0.15) is 25.5 Å². The molecule has 16 heterocycles. The highest BCUT2D eigenvalue weighted by Crippen LogP contribution is 2.42. The van der Waals surface area contributed by atoms with Crippen LogP contribution in [-0.2, 0) is 4.74 Å². The summed E-state index contributed by atoms with van der Waals surface area (Å²) >= 11 is 8.52. The molecule has 25 nitrogen and oxygen atoms in total. The van der Waals surface area contributed by atoms with Gasteiger partial charge in [-0.1, -0.05) is 0 Å². The zero-order valence-corrected chi connectivity index (χ0v) is 62.9. The summed E-state index contributed by atoms with van der Waals surface area (Å²) in [6, 6.07) is 31.7. The minimum atomic E-state index is -0.167. The van der Waals surface area contributed by atoms with Crippen LogP contribution in [0.15, 0.2) is 128 Å². The molecule has 2 aliphatic carbocycles. The smallest absolute Gasteiger partial charge is 0.120 e. The number of rotatable bonds is 19. The van der Waals surface area contributed by atoms with E-state index in [9.17, 15) is 10.2 Å². The molecule has 3 aliphatic rings. The molecule has 0 amide bonds. The van der Waals surface area contributed by atoms with Crippen LogP contribution in [0.2, 0.25) is 0 Å². The van der Waals surface area contributed by atoms with Gasteiger partial charge >= 0.3 is 0 Å². The number of thiophene rings is 5. The predicted octanol–water partition coefficient (Wildman–Crippen LogP) is 15.2. The summed E-state index contributed by atoms with van der Waals surface area (Å²) in [5.74, 6) is 0. The first-order valence-electron chi connectivity index (χ1n) is 35.2. The number of pyridine rings is 5. The third-order valence-electron chi connectivity index (χ3n) is 17.9. The average Bonchev–Trinajstić information content (AvgIpc) is 1.68. The number of fused-ring (bicyclic) bond motifs is 5. The highest BCUT2D eigenvalue weighted by molar-refractivity contribution is 7.24. The second-order valence-electron chi connectivity index (χ2n) is 26.3. The van der Waals surface area contributed by atoms with Crippen LogP contribution in [0, 0.1) is 34.6 Å². The first-order chi connectivity index (χ1) is 51.2. The fraction of sp³-hybridized carbons (Fsp3) is 0.333. The SMILES string of the molecule is Cc1cc(NC2CCOC2)c2sc(-c3ccn[nH]3)cc2n1.Cc1cc(NCCCO)c2sc(-c3ccn[nH]3)cc2n1.Cc1cc(NCCCO)c2sc(-n3cccn3)cc2n1.Cc1cc(N[C@@H]2CC[C@@H](O)C2)c2sc(-c3ccn[nH]3)cc2n1.Cc1cc(N[C@@H]2CC[C@H](O)C2)c2sc(-c3ccn[nH]3)cc2n1. The van der Waals surface area contributed by atoms with Gasteiger partial charge in [0.15, 0.2) is 0 Å². The van der Waals surface area contributed by atoms with Crippen molar-refractivity contribution in [3.05, 3.63) is 157 Å². The maximum Gasteiger partial charge on any atom is 0.120 e. The van der Waals surface area contributed by atoms with E-state index >= 15 is 0 Å². The minimum Gasteiger partial charge on any atom is -0.396 e. The fourth-order valence-corrected chi connectivity index (χ4v) is 18.3. The molecular weight excluding hydrogens is 1420 g/mol. The van der Waals surface area contributed by atoms with Crippen molar-refractivity contribution >= 4 is 136 Å². The molecular formula is C75H84N20O5S5. The lowest BCUT2D eigenvalue weighted by Crippen LogP contribution is -2.19. The van der Waals surface area contributed by atoms with Gasteiger partial charge in [0, 0.05) is 117 Å². The molecule has 2 saturated carbocycles. The number of aromatic amines is 4. The zero-order chi connectivity index (χ0) is 72.3. The van der Waals surface area contributed by atoms with Crippen LogP contribution in [0.3, 0.4) is 0 Å². The lowest BCUT2D eigenvalue weighted by Gasteiger charge is -2.14. The number of hydrogen-bond acceptors (Lipinski definition) is 25. The van der Waals surface area contributed by atoms with Crippen molar-refractivity contribution in [2.45, 2.75) is 123 Å². The Bertz CT molecular complexity index is 5020. The topological polar surface area (TPSA) is 347 Å². The third-order valence-corrected chi connectivity index (χ3v) is 23.8. The Balaban J connectivity index is 0.000000111. The molecule has 1 saturated heterocycles. The van der Waals surface area contributed by atoms with E-state index in [2.05, 4.69) is 146 Å². The number of ether oxygens (including phenoxy) is 1. The maximum atomic E-state index is 9.71. The molecule has 105 heavy (non-hydrogen) atoms. The Labute approximate surface area is 625 Å². The Morgan fingerprint density at radius 2 is 0.800 bits per heavy atom. The Hall–Kier alpha value is -9.60. The Kier molecular flexibility index (Phi) is 23.2. The minimum absolute atomic E-state index is 0.167. The summed E-state index contributed by atoms with van der Waals surface area (Å²) in [7, 11) is 0. The van der Waals surface area contributed by atoms with Crippen molar-refractivity contribution in [2.75, 3.05) is 66.1 Å². The van der Waals surface area contributed by atoms with Crippen molar-refractivity contribution in [3.8, 4) is 47.3 Å². The summed E-state index contributed by atoms with van der Waals surface area (Å²) in [6.07, 6.45) is 18.4. The van der Waals surface area contributed by atoms with Gasteiger partial charge in [-0.05, 0) is 177 Å². The van der Waals surface area contributed by atoms with Crippen molar-refractivity contribution in [1.29, 1.82) is 0 Å². The van der Waals surface area contributed by atoms with Crippen molar-refractivity contribution in [1.82, 2.24) is 75.5 Å². The van der Waals surface area contributed by atoms with Gasteiger partial charge in [0.2, 0.25) is 0 Å². The first kappa shape index (κ1) is 72.3. The summed E-state index contributed by atoms with van der Waals surface area (Å²) < 4.78 is 13.1. The molecule has 15 aromatic rings. The van der Waals surface area contributed by atoms with E-state index in [1.165, 1.54) is 4.70 Å². The van der Waals surface area contributed by atoms with Gasteiger partial charge in [-0.3, -0.25) is 45.3 Å². The van der Waals surface area contributed by atoms with Crippen molar-refractivity contribution in [2.24, 2.45) is 0 Å². The summed E-state index contributed by atoms with van der Waals surface area (Å²) in [5, 5.41) is 88.1. The van der Waals surface area contributed by atoms with Crippen molar-refractivity contribution < 1.29 is 25.2 Å². The number of anilines is 5. The van der Waals surface area contributed by atoms with E-state index in [4.69, 9.17) is 14.9 Å². The number of aliphatic hydroxyl groups excluding tert-OH is 4. The number of hydrogen-bond donors (Lipinski definition) is 13. The van der Waals surface area contributed by atoms with E-state index < -0.39 is 0 Å². The normalized spacial score (nSPS) is 16.9. The number of nitrogens with zero attached hydrogens (tertiary/aromatic N) is 11. The molecule has 1 aliphatic heterocycles. The molecule has 15 aromatic heterocycles. The van der Waals surface area contributed by atoms with Crippen LogP contribution < -0.4 is 26.6 Å².